The Hall–Kier alpha value is -2.30. The van der Waals surface area contributed by atoms with E-state index in [-0.39, 0.29) is 5.56 Å². The third-order valence-corrected chi connectivity index (χ3v) is 4.07. The van der Waals surface area contributed by atoms with Gasteiger partial charge in [0.05, 0.1) is 5.41 Å². The van der Waals surface area contributed by atoms with Crippen LogP contribution in [-0.2, 0) is 4.79 Å². The zero-order valence-corrected chi connectivity index (χ0v) is 11.2. The summed E-state index contributed by atoms with van der Waals surface area (Å²) in [7, 11) is 0. The highest BCUT2D eigenvalue weighted by Crippen LogP contribution is 2.32. The number of fused-ring (bicyclic) bond motifs is 1. The number of hydrogen-bond donors (Lipinski definition) is 2. The second-order valence-electron chi connectivity index (χ2n) is 5.61. The van der Waals surface area contributed by atoms with Gasteiger partial charge in [0.1, 0.15) is 5.82 Å². The maximum absolute atomic E-state index is 12.1. The first-order valence-corrected chi connectivity index (χ1v) is 6.60. The Morgan fingerprint density at radius 2 is 2.15 bits per heavy atom. The molecule has 1 saturated heterocycles. The average molecular weight is 272 g/mol. The van der Waals surface area contributed by atoms with Crippen molar-refractivity contribution in [2.75, 3.05) is 18.0 Å². The second-order valence-corrected chi connectivity index (χ2v) is 5.61. The predicted octanol–water partition coefficient (Wildman–Crippen LogP) is 1.83. The topological polar surface area (TPSA) is 73.4 Å². The van der Waals surface area contributed by atoms with Crippen molar-refractivity contribution in [2.45, 2.75) is 13.3 Å². The van der Waals surface area contributed by atoms with E-state index in [0.29, 0.717) is 30.7 Å². The Morgan fingerprint density at radius 1 is 1.40 bits per heavy atom. The van der Waals surface area contributed by atoms with Crippen LogP contribution in [0, 0.1) is 5.41 Å². The van der Waals surface area contributed by atoms with Crippen LogP contribution in [0.25, 0.3) is 10.8 Å². The molecule has 5 heteroatoms. The number of pyridine rings is 1. The molecular formula is C15H16N2O3. The first kappa shape index (κ1) is 12.7. The summed E-state index contributed by atoms with van der Waals surface area (Å²) in [5.41, 5.74) is -0.884. The van der Waals surface area contributed by atoms with E-state index < -0.39 is 11.4 Å². The molecule has 0 radical (unpaired) electrons. The van der Waals surface area contributed by atoms with E-state index in [1.165, 1.54) is 0 Å². The minimum absolute atomic E-state index is 0.137. The fraction of sp³-hybridized carbons (Fsp3) is 0.333. The number of aromatic nitrogens is 1. The Kier molecular flexibility index (Phi) is 2.78. The van der Waals surface area contributed by atoms with Gasteiger partial charge in [-0.05, 0) is 30.9 Å². The van der Waals surface area contributed by atoms with Gasteiger partial charge in [0.25, 0.3) is 5.56 Å². The third-order valence-electron chi connectivity index (χ3n) is 4.07. The van der Waals surface area contributed by atoms with Gasteiger partial charge in [0.2, 0.25) is 0 Å². The normalized spacial score (nSPS) is 22.4. The maximum Gasteiger partial charge on any atom is 0.311 e. The molecule has 2 N–H and O–H groups in total. The molecule has 1 unspecified atom stereocenters. The largest absolute Gasteiger partial charge is 0.481 e. The number of hydrogen-bond acceptors (Lipinski definition) is 3. The van der Waals surface area contributed by atoms with Gasteiger partial charge < -0.3 is 15.0 Å². The van der Waals surface area contributed by atoms with Gasteiger partial charge in [0.15, 0.2) is 0 Å². The maximum atomic E-state index is 12.1. The van der Waals surface area contributed by atoms with E-state index in [1.807, 2.05) is 29.2 Å². The lowest BCUT2D eigenvalue weighted by molar-refractivity contribution is -0.146. The number of H-pyrrole nitrogens is 1. The average Bonchev–Trinajstić information content (AvgIpc) is 2.83. The molecule has 1 aliphatic heterocycles. The zero-order chi connectivity index (χ0) is 14.3. The number of carboxylic acid groups (broad SMARTS) is 1. The number of nitrogens with one attached hydrogen (secondary N) is 1. The monoisotopic (exact) mass is 272 g/mol. The summed E-state index contributed by atoms with van der Waals surface area (Å²) in [5, 5.41) is 10.8. The smallest absolute Gasteiger partial charge is 0.311 e. The van der Waals surface area contributed by atoms with Crippen LogP contribution in [0.2, 0.25) is 0 Å². The zero-order valence-electron chi connectivity index (χ0n) is 11.2. The summed E-state index contributed by atoms with van der Waals surface area (Å²) >= 11 is 0. The number of carbonyl (C=O) groups is 1. The molecule has 20 heavy (non-hydrogen) atoms. The second kappa shape index (κ2) is 4.37. The number of rotatable bonds is 2. The Bertz CT molecular complexity index is 737. The summed E-state index contributed by atoms with van der Waals surface area (Å²) in [5.74, 6) is -0.0955. The molecular weight excluding hydrogens is 256 g/mol. The number of aliphatic carboxylic acids is 1. The molecule has 1 aromatic heterocycles. The Labute approximate surface area is 115 Å². The van der Waals surface area contributed by atoms with E-state index in [2.05, 4.69) is 4.98 Å². The van der Waals surface area contributed by atoms with E-state index in [1.54, 1.807) is 13.0 Å². The van der Waals surface area contributed by atoms with Gasteiger partial charge in [-0.25, -0.2) is 0 Å². The summed E-state index contributed by atoms with van der Waals surface area (Å²) < 4.78 is 0. The van der Waals surface area contributed by atoms with Crippen molar-refractivity contribution in [3.05, 3.63) is 40.7 Å². The van der Waals surface area contributed by atoms with Crippen LogP contribution in [0.5, 0.6) is 0 Å². The van der Waals surface area contributed by atoms with Crippen molar-refractivity contribution in [3.8, 4) is 0 Å². The van der Waals surface area contributed by atoms with Crippen molar-refractivity contribution < 1.29 is 9.90 Å². The molecule has 0 amide bonds. The first-order chi connectivity index (χ1) is 9.49. The lowest BCUT2D eigenvalue weighted by Gasteiger charge is -2.21. The van der Waals surface area contributed by atoms with Crippen LogP contribution in [0.4, 0.5) is 5.82 Å². The molecule has 1 aliphatic rings. The van der Waals surface area contributed by atoms with E-state index in [4.69, 9.17) is 0 Å². The number of anilines is 1. The SMILES string of the molecule is CC1(C(=O)O)CCN(c2cc3ccccc3c(=O)[nH]2)C1. The van der Waals surface area contributed by atoms with E-state index in [9.17, 15) is 14.7 Å². The minimum Gasteiger partial charge on any atom is -0.481 e. The highest BCUT2D eigenvalue weighted by Gasteiger charge is 2.40. The van der Waals surface area contributed by atoms with Gasteiger partial charge in [-0.3, -0.25) is 9.59 Å². The molecule has 3 rings (SSSR count). The molecule has 0 spiro atoms. The highest BCUT2D eigenvalue weighted by molar-refractivity contribution is 5.84. The van der Waals surface area contributed by atoms with Crippen LogP contribution in [-0.4, -0.2) is 29.1 Å². The van der Waals surface area contributed by atoms with Crippen LogP contribution in [0.3, 0.4) is 0 Å². The quantitative estimate of drug-likeness (QED) is 0.874. The third kappa shape index (κ3) is 1.95. The van der Waals surface area contributed by atoms with Gasteiger partial charge in [-0.2, -0.15) is 0 Å². The summed E-state index contributed by atoms with van der Waals surface area (Å²) in [6.07, 6.45) is 0.581. The fourth-order valence-corrected chi connectivity index (χ4v) is 2.71. The summed E-state index contributed by atoms with van der Waals surface area (Å²) in [6.45, 7) is 2.79. The molecule has 0 saturated carbocycles. The number of nitrogens with zero attached hydrogens (tertiary/aromatic N) is 1. The van der Waals surface area contributed by atoms with E-state index >= 15 is 0 Å². The molecule has 5 nitrogen and oxygen atoms in total. The van der Waals surface area contributed by atoms with Crippen LogP contribution in [0.15, 0.2) is 35.1 Å². The molecule has 0 bridgehead atoms. The molecule has 104 valence electrons. The van der Waals surface area contributed by atoms with Gasteiger partial charge in [-0.1, -0.05) is 18.2 Å². The molecule has 1 atom stereocenters. The summed E-state index contributed by atoms with van der Waals surface area (Å²) in [6, 6.07) is 9.29. The van der Waals surface area contributed by atoms with Crippen molar-refractivity contribution in [2.24, 2.45) is 5.41 Å². The van der Waals surface area contributed by atoms with Crippen molar-refractivity contribution in [3.63, 3.8) is 0 Å². The van der Waals surface area contributed by atoms with Crippen molar-refractivity contribution in [1.29, 1.82) is 0 Å². The molecule has 1 fully saturated rings. The summed E-state index contributed by atoms with van der Waals surface area (Å²) in [4.78, 5) is 28.1. The predicted molar refractivity (Wildman–Crippen MR) is 77.1 cm³/mol. The van der Waals surface area contributed by atoms with Crippen LogP contribution >= 0.6 is 0 Å². The fourth-order valence-electron chi connectivity index (χ4n) is 2.71. The number of aromatic amines is 1. The van der Waals surface area contributed by atoms with Crippen LogP contribution < -0.4 is 10.5 Å². The highest BCUT2D eigenvalue weighted by atomic mass is 16.4. The van der Waals surface area contributed by atoms with Gasteiger partial charge in [-0.15, -0.1) is 0 Å². The van der Waals surface area contributed by atoms with Crippen molar-refractivity contribution in [1.82, 2.24) is 4.98 Å². The number of carboxylic acids is 1. The number of benzene rings is 1. The lowest BCUT2D eigenvalue weighted by atomic mass is 9.90. The van der Waals surface area contributed by atoms with Gasteiger partial charge >= 0.3 is 5.97 Å². The Morgan fingerprint density at radius 3 is 2.85 bits per heavy atom. The molecule has 1 aromatic carbocycles. The standard InChI is InChI=1S/C15H16N2O3/c1-15(14(19)20)6-7-17(9-15)12-8-10-4-2-3-5-11(10)13(18)16-12/h2-5,8H,6-7,9H2,1H3,(H,16,18)(H,19,20). The van der Waals surface area contributed by atoms with Crippen molar-refractivity contribution >= 4 is 22.6 Å². The minimum atomic E-state index is -0.789. The lowest BCUT2D eigenvalue weighted by Crippen LogP contribution is -2.32. The van der Waals surface area contributed by atoms with E-state index in [0.717, 1.165) is 5.39 Å². The van der Waals surface area contributed by atoms with Gasteiger partial charge in [0, 0.05) is 18.5 Å². The molecule has 2 aromatic rings. The molecule has 2 heterocycles. The van der Waals surface area contributed by atoms with Crippen LogP contribution in [0.1, 0.15) is 13.3 Å². The molecule has 0 aliphatic carbocycles. The first-order valence-electron chi connectivity index (χ1n) is 6.60. The Balaban J connectivity index is 2.00.